The predicted octanol–water partition coefficient (Wildman–Crippen LogP) is 3.78. The lowest BCUT2D eigenvalue weighted by molar-refractivity contribution is 0.486. The molecule has 0 spiro atoms. The van der Waals surface area contributed by atoms with Crippen molar-refractivity contribution in [3.05, 3.63) is 26.6 Å². The van der Waals surface area contributed by atoms with E-state index in [4.69, 9.17) is 0 Å². The summed E-state index contributed by atoms with van der Waals surface area (Å²) in [6, 6.07) is 1.40. The minimum Gasteiger partial charge on any atom is -0.202 e. The molecule has 0 bridgehead atoms. The molecule has 0 heterocycles. The van der Waals surface area contributed by atoms with Gasteiger partial charge in [-0.05, 0) is 37.9 Å². The van der Waals surface area contributed by atoms with E-state index >= 15 is 0 Å². The summed E-state index contributed by atoms with van der Waals surface area (Å²) in [6.07, 6.45) is 0. The number of hydrogen-bond donors (Lipinski definition) is 1. The van der Waals surface area contributed by atoms with Crippen LogP contribution in [0.25, 0.3) is 0 Å². The van der Waals surface area contributed by atoms with Crippen molar-refractivity contribution in [2.24, 2.45) is 0 Å². The van der Waals surface area contributed by atoms with Crippen molar-refractivity contribution in [3.63, 3.8) is 0 Å². The highest BCUT2D eigenvalue weighted by atomic mass is 79.9. The van der Waals surface area contributed by atoms with Gasteiger partial charge in [0.15, 0.2) is 11.6 Å². The molecule has 5 heteroatoms. The molecule has 0 nitrogen and oxygen atoms in total. The molecule has 0 N–H and O–H groups in total. The smallest absolute Gasteiger partial charge is 0.174 e. The molecule has 0 aliphatic rings. The van der Waals surface area contributed by atoms with E-state index < -0.39 is 11.6 Å². The summed E-state index contributed by atoms with van der Waals surface area (Å²) < 4.78 is 25.9. The average molecular weight is 304 g/mol. The minimum atomic E-state index is -0.949. The van der Waals surface area contributed by atoms with Gasteiger partial charge in [-0.25, -0.2) is 8.78 Å². The summed E-state index contributed by atoms with van der Waals surface area (Å²) in [7, 11) is 0. The highest BCUT2D eigenvalue weighted by Crippen LogP contribution is 2.30. The van der Waals surface area contributed by atoms with E-state index in [0.29, 0.717) is 4.47 Å². The maximum absolute atomic E-state index is 12.7. The Bertz CT molecular complexity index is 275. The van der Waals surface area contributed by atoms with E-state index in [1.165, 1.54) is 6.07 Å². The lowest BCUT2D eigenvalue weighted by Gasteiger charge is -2.01. The maximum atomic E-state index is 12.7. The summed E-state index contributed by atoms with van der Waals surface area (Å²) in [5.41, 5.74) is 0. The predicted molar refractivity (Wildman–Crippen MR) is 49.0 cm³/mol. The first-order chi connectivity index (χ1) is 5.04. The van der Waals surface area contributed by atoms with Gasteiger partial charge in [0.2, 0.25) is 0 Å². The monoisotopic (exact) mass is 302 g/mol. The van der Waals surface area contributed by atoms with Crippen LogP contribution in [0.5, 0.6) is 0 Å². The molecule has 0 fully saturated rings. The fourth-order valence-corrected chi connectivity index (χ4v) is 1.83. The average Bonchev–Trinajstić information content (AvgIpc) is 1.97. The summed E-state index contributed by atoms with van der Waals surface area (Å²) in [5.74, 6) is -1.87. The van der Waals surface area contributed by atoms with Crippen LogP contribution in [0.4, 0.5) is 8.78 Å². The molecule has 0 aliphatic heterocycles. The SMILES string of the molecule is Fc1c(Br)cc(Br)c(S)c1F. The van der Waals surface area contributed by atoms with Gasteiger partial charge in [0, 0.05) is 4.47 Å². The van der Waals surface area contributed by atoms with Crippen LogP contribution in [0.2, 0.25) is 0 Å². The van der Waals surface area contributed by atoms with Gasteiger partial charge in [-0.3, -0.25) is 0 Å². The topological polar surface area (TPSA) is 0 Å². The maximum Gasteiger partial charge on any atom is 0.174 e. The number of rotatable bonds is 0. The Balaban J connectivity index is 3.46. The second-order valence-electron chi connectivity index (χ2n) is 1.82. The van der Waals surface area contributed by atoms with Gasteiger partial charge in [-0.1, -0.05) is 0 Å². The molecule has 0 aliphatic carbocycles. The highest BCUT2D eigenvalue weighted by Gasteiger charge is 2.12. The Morgan fingerprint density at radius 2 is 1.64 bits per heavy atom. The van der Waals surface area contributed by atoms with Crippen molar-refractivity contribution in [1.29, 1.82) is 0 Å². The molecular formula is C6H2Br2F2S. The zero-order chi connectivity index (χ0) is 8.59. The van der Waals surface area contributed by atoms with E-state index in [-0.39, 0.29) is 9.37 Å². The first-order valence-corrected chi connectivity index (χ1v) is 4.59. The van der Waals surface area contributed by atoms with E-state index in [0.717, 1.165) is 0 Å². The van der Waals surface area contributed by atoms with Crippen LogP contribution in [0, 0.1) is 11.6 Å². The van der Waals surface area contributed by atoms with Crippen molar-refractivity contribution in [1.82, 2.24) is 0 Å². The number of hydrogen-bond acceptors (Lipinski definition) is 1. The molecule has 60 valence electrons. The molecule has 0 aromatic heterocycles. The normalized spacial score (nSPS) is 10.3. The first kappa shape index (κ1) is 9.48. The van der Waals surface area contributed by atoms with Crippen LogP contribution in [-0.4, -0.2) is 0 Å². The summed E-state index contributed by atoms with van der Waals surface area (Å²) in [4.78, 5) is -0.0225. The Labute approximate surface area is 84.7 Å². The van der Waals surface area contributed by atoms with Crippen LogP contribution in [0.3, 0.4) is 0 Å². The zero-order valence-corrected chi connectivity index (χ0v) is 9.10. The largest absolute Gasteiger partial charge is 0.202 e. The quantitative estimate of drug-likeness (QED) is 0.421. The number of thiol groups is 1. The second-order valence-corrected chi connectivity index (χ2v) is 3.97. The second kappa shape index (κ2) is 3.41. The molecule has 1 rings (SSSR count). The number of halogens is 4. The van der Waals surface area contributed by atoms with E-state index in [9.17, 15) is 8.78 Å². The minimum absolute atomic E-state index is 0.0225. The molecule has 1 aromatic carbocycles. The summed E-state index contributed by atoms with van der Waals surface area (Å²) >= 11 is 9.62. The van der Waals surface area contributed by atoms with Crippen molar-refractivity contribution >= 4 is 44.5 Å². The third kappa shape index (κ3) is 1.76. The van der Waals surface area contributed by atoms with Gasteiger partial charge in [0.25, 0.3) is 0 Å². The molecule has 0 atom stereocenters. The molecule has 0 saturated carbocycles. The molecule has 0 saturated heterocycles. The lowest BCUT2D eigenvalue weighted by Crippen LogP contribution is -1.88. The van der Waals surface area contributed by atoms with Crippen molar-refractivity contribution in [2.45, 2.75) is 4.90 Å². The molecule has 1 aromatic rings. The Morgan fingerprint density at radius 1 is 1.09 bits per heavy atom. The fraction of sp³-hybridized carbons (Fsp3) is 0. The van der Waals surface area contributed by atoms with Crippen LogP contribution < -0.4 is 0 Å². The van der Waals surface area contributed by atoms with Crippen LogP contribution in [0.1, 0.15) is 0 Å². The van der Waals surface area contributed by atoms with Crippen molar-refractivity contribution in [2.75, 3.05) is 0 Å². The Morgan fingerprint density at radius 3 is 2.18 bits per heavy atom. The lowest BCUT2D eigenvalue weighted by atomic mass is 10.3. The molecule has 0 amide bonds. The van der Waals surface area contributed by atoms with Crippen molar-refractivity contribution < 1.29 is 8.78 Å². The number of benzene rings is 1. The first-order valence-electron chi connectivity index (χ1n) is 2.56. The van der Waals surface area contributed by atoms with Crippen LogP contribution in [0.15, 0.2) is 19.9 Å². The van der Waals surface area contributed by atoms with Crippen molar-refractivity contribution in [3.8, 4) is 0 Å². The molecule has 11 heavy (non-hydrogen) atoms. The molecule has 0 radical (unpaired) electrons. The Kier molecular flexibility index (Phi) is 2.94. The van der Waals surface area contributed by atoms with E-state index in [1.54, 1.807) is 0 Å². The van der Waals surface area contributed by atoms with Gasteiger partial charge < -0.3 is 0 Å². The standard InChI is InChI=1S/C6H2Br2F2S/c7-2-1-3(8)6(11)5(10)4(2)9/h1,11H. The van der Waals surface area contributed by atoms with Gasteiger partial charge in [-0.15, -0.1) is 12.6 Å². The Hall–Kier alpha value is 0.390. The molecule has 0 unspecified atom stereocenters. The highest BCUT2D eigenvalue weighted by molar-refractivity contribution is 9.11. The molecular weight excluding hydrogens is 302 g/mol. The van der Waals surface area contributed by atoms with Crippen LogP contribution in [-0.2, 0) is 0 Å². The van der Waals surface area contributed by atoms with E-state index in [1.807, 2.05) is 0 Å². The van der Waals surface area contributed by atoms with Gasteiger partial charge in [-0.2, -0.15) is 0 Å². The summed E-state index contributed by atoms with van der Waals surface area (Å²) in [5, 5.41) is 0. The van der Waals surface area contributed by atoms with Gasteiger partial charge >= 0.3 is 0 Å². The zero-order valence-electron chi connectivity index (χ0n) is 5.04. The van der Waals surface area contributed by atoms with Gasteiger partial charge in [0.05, 0.1) is 9.37 Å². The fourth-order valence-electron chi connectivity index (χ4n) is 0.557. The third-order valence-electron chi connectivity index (χ3n) is 1.09. The van der Waals surface area contributed by atoms with Gasteiger partial charge in [0.1, 0.15) is 0 Å². The third-order valence-corrected chi connectivity index (χ3v) is 3.04. The van der Waals surface area contributed by atoms with Crippen LogP contribution >= 0.6 is 44.5 Å². The van der Waals surface area contributed by atoms with E-state index in [2.05, 4.69) is 44.5 Å². The summed E-state index contributed by atoms with van der Waals surface area (Å²) in [6.45, 7) is 0.